The lowest BCUT2D eigenvalue weighted by atomic mass is 9.68. The number of allylic oxidation sites excluding steroid dienone is 1. The maximum Gasteiger partial charge on any atom is 0.264 e. The number of halogens is 1. The van der Waals surface area contributed by atoms with Gasteiger partial charge in [-0.15, -0.1) is 0 Å². The van der Waals surface area contributed by atoms with Crippen LogP contribution < -0.4 is 14.4 Å². The van der Waals surface area contributed by atoms with E-state index in [1.54, 1.807) is 30.4 Å². The van der Waals surface area contributed by atoms with E-state index in [-0.39, 0.29) is 35.8 Å². The average Bonchev–Trinajstić information content (AvgIpc) is 3.06. The van der Waals surface area contributed by atoms with E-state index in [0.29, 0.717) is 25.4 Å². The van der Waals surface area contributed by atoms with Crippen LogP contribution in [0.15, 0.2) is 48.6 Å². The van der Waals surface area contributed by atoms with Crippen molar-refractivity contribution in [2.45, 2.75) is 50.0 Å². The molecule has 4 aliphatic rings. The topological polar surface area (TPSA) is 116 Å². The molecule has 1 amide bonds. The molecule has 220 valence electrons. The fourth-order valence-corrected chi connectivity index (χ4v) is 8.65. The summed E-state index contributed by atoms with van der Waals surface area (Å²) in [5.41, 5.74) is 3.18. The van der Waals surface area contributed by atoms with Crippen LogP contribution >= 0.6 is 11.6 Å². The van der Waals surface area contributed by atoms with Gasteiger partial charge in [-0.2, -0.15) is 0 Å². The average molecular weight is 601 g/mol. The Balaban J connectivity index is 1.41. The van der Waals surface area contributed by atoms with Gasteiger partial charge in [0.15, 0.2) is 0 Å². The number of amides is 1. The third-order valence-electron chi connectivity index (χ3n) is 9.43. The number of hydrogen-bond donors (Lipinski definition) is 3. The molecule has 2 aromatic rings. The molecule has 2 aliphatic carbocycles. The molecule has 2 heterocycles. The zero-order chi connectivity index (χ0) is 28.8. The number of nitrogens with one attached hydrogen (secondary N) is 1. The van der Waals surface area contributed by atoms with Gasteiger partial charge in [-0.25, -0.2) is 13.1 Å². The molecular weight excluding hydrogens is 564 g/mol. The molecule has 2 aromatic carbocycles. The Morgan fingerprint density at radius 1 is 1.17 bits per heavy atom. The molecule has 8 nitrogen and oxygen atoms in total. The molecule has 10 heteroatoms. The predicted octanol–water partition coefficient (Wildman–Crippen LogP) is 3.83. The van der Waals surface area contributed by atoms with E-state index in [0.717, 1.165) is 42.8 Å². The molecule has 1 unspecified atom stereocenters. The van der Waals surface area contributed by atoms with Crippen LogP contribution in [0, 0.1) is 17.8 Å². The van der Waals surface area contributed by atoms with Gasteiger partial charge < -0.3 is 19.8 Å². The summed E-state index contributed by atoms with van der Waals surface area (Å²) in [6.07, 6.45) is 7.93. The predicted molar refractivity (Wildman–Crippen MR) is 158 cm³/mol. The Morgan fingerprint density at radius 3 is 2.80 bits per heavy atom. The lowest BCUT2D eigenvalue weighted by Gasteiger charge is -2.45. The fraction of sp³-hybridized carbons (Fsp3) is 0.516. The standard InChI is InChI=1S/C31H37ClN2O6S/c32-24-8-10-26-21(13-24)4-2-12-31(26)18-34-15-23-6-9-25(23)28(36)5-1-3-20(16-35)17-41(38,39)33-30(37)22-7-11-29(40-19-31)27(34)14-22/h1,5,7-8,10-11,13-14,20,23,25,28,35-36H,2-4,6,9,12,15-19H2,(H,33,37)/b5-1+/t20-,23?,25-,28+,31+/m1/s1. The van der Waals surface area contributed by atoms with Gasteiger partial charge >= 0.3 is 0 Å². The van der Waals surface area contributed by atoms with Crippen LogP contribution in [-0.2, 0) is 21.9 Å². The minimum absolute atomic E-state index is 0.0722. The van der Waals surface area contributed by atoms with E-state index in [2.05, 4.69) is 21.8 Å². The first-order valence-corrected chi connectivity index (χ1v) is 16.5. The van der Waals surface area contributed by atoms with E-state index in [1.807, 2.05) is 6.07 Å². The third kappa shape index (κ3) is 5.74. The van der Waals surface area contributed by atoms with Crippen LogP contribution in [0.1, 0.15) is 53.6 Å². The number of aryl methyl sites for hydroxylation is 1. The monoisotopic (exact) mass is 600 g/mol. The Morgan fingerprint density at radius 2 is 2.02 bits per heavy atom. The van der Waals surface area contributed by atoms with Gasteiger partial charge in [-0.3, -0.25) is 4.79 Å². The first-order chi connectivity index (χ1) is 19.7. The summed E-state index contributed by atoms with van der Waals surface area (Å²) in [5, 5.41) is 21.5. The van der Waals surface area contributed by atoms with E-state index >= 15 is 0 Å². The smallest absolute Gasteiger partial charge is 0.264 e. The third-order valence-corrected chi connectivity index (χ3v) is 11.1. The molecule has 5 atom stereocenters. The van der Waals surface area contributed by atoms with Gasteiger partial charge in [-0.1, -0.05) is 29.8 Å². The van der Waals surface area contributed by atoms with Gasteiger partial charge in [0.25, 0.3) is 5.91 Å². The summed E-state index contributed by atoms with van der Waals surface area (Å²) >= 11 is 6.36. The normalized spacial score (nSPS) is 32.0. The van der Waals surface area contributed by atoms with Gasteiger partial charge in [0.05, 0.1) is 24.2 Å². The first-order valence-electron chi connectivity index (χ1n) is 14.5. The molecule has 6 rings (SSSR count). The summed E-state index contributed by atoms with van der Waals surface area (Å²) in [5.74, 6) is -0.725. The molecular formula is C31H37ClN2O6S. The molecule has 2 aliphatic heterocycles. The van der Waals surface area contributed by atoms with Crippen molar-refractivity contribution in [3.05, 3.63) is 70.3 Å². The molecule has 0 aromatic heterocycles. The Labute approximate surface area is 246 Å². The summed E-state index contributed by atoms with van der Waals surface area (Å²) in [6.45, 7) is 1.49. The minimum Gasteiger partial charge on any atom is -0.490 e. The molecule has 41 heavy (non-hydrogen) atoms. The lowest BCUT2D eigenvalue weighted by Crippen LogP contribution is -2.49. The van der Waals surface area contributed by atoms with Crippen LogP contribution in [0.2, 0.25) is 5.02 Å². The Hall–Kier alpha value is -2.59. The molecule has 0 saturated heterocycles. The quantitative estimate of drug-likeness (QED) is 0.426. The number of sulfonamides is 1. The summed E-state index contributed by atoms with van der Waals surface area (Å²) in [4.78, 5) is 15.5. The van der Waals surface area contributed by atoms with Crippen molar-refractivity contribution < 1.29 is 28.2 Å². The van der Waals surface area contributed by atoms with Crippen molar-refractivity contribution >= 4 is 33.2 Å². The molecule has 1 fully saturated rings. The maximum atomic E-state index is 13.2. The van der Waals surface area contributed by atoms with Gasteiger partial charge in [-0.05, 0) is 91.8 Å². The van der Waals surface area contributed by atoms with Crippen molar-refractivity contribution in [1.29, 1.82) is 0 Å². The van der Waals surface area contributed by atoms with Crippen molar-refractivity contribution in [1.82, 2.24) is 4.72 Å². The SMILES string of the molecule is O=C1NS(=O)(=O)C[C@@H](CO)C/C=C/[C@H](O)[C@@H]2CCC2CN2C[C@@]3(CCCc4cc(Cl)ccc43)COc3ccc1cc32. The zero-order valence-electron chi connectivity index (χ0n) is 23.0. The van der Waals surface area contributed by atoms with E-state index in [1.165, 1.54) is 11.1 Å². The highest BCUT2D eigenvalue weighted by Gasteiger charge is 2.44. The number of ether oxygens (including phenoxy) is 1. The van der Waals surface area contributed by atoms with E-state index < -0.39 is 33.7 Å². The van der Waals surface area contributed by atoms with Crippen molar-refractivity contribution in [2.75, 3.05) is 37.0 Å². The van der Waals surface area contributed by atoms with E-state index in [4.69, 9.17) is 16.3 Å². The number of hydrogen-bond acceptors (Lipinski definition) is 7. The van der Waals surface area contributed by atoms with Crippen molar-refractivity contribution in [3.8, 4) is 5.75 Å². The second-order valence-electron chi connectivity index (χ2n) is 12.2. The highest BCUT2D eigenvalue weighted by atomic mass is 35.5. The summed E-state index contributed by atoms with van der Waals surface area (Å²) in [7, 11) is -4.00. The molecule has 2 bridgehead atoms. The second-order valence-corrected chi connectivity index (χ2v) is 14.4. The van der Waals surface area contributed by atoms with Gasteiger partial charge in [0.1, 0.15) is 5.75 Å². The van der Waals surface area contributed by atoms with Crippen LogP contribution in [0.5, 0.6) is 5.75 Å². The number of anilines is 1. The van der Waals surface area contributed by atoms with Crippen LogP contribution in [0.3, 0.4) is 0 Å². The maximum absolute atomic E-state index is 13.2. The highest BCUT2D eigenvalue weighted by molar-refractivity contribution is 7.90. The molecule has 1 saturated carbocycles. The van der Waals surface area contributed by atoms with Crippen LogP contribution in [0.25, 0.3) is 0 Å². The lowest BCUT2D eigenvalue weighted by molar-refractivity contribution is 0.0455. The van der Waals surface area contributed by atoms with Gasteiger partial charge in [0, 0.05) is 41.6 Å². The van der Waals surface area contributed by atoms with Crippen LogP contribution in [-0.4, -0.2) is 62.7 Å². The number of aliphatic hydroxyl groups is 2. The minimum atomic E-state index is -4.00. The molecule has 1 spiro atoms. The molecule has 3 N–H and O–H groups in total. The number of nitrogens with zero attached hydrogens (tertiary/aromatic N) is 1. The second kappa shape index (κ2) is 11.2. The highest BCUT2D eigenvalue weighted by Crippen LogP contribution is 2.46. The zero-order valence-corrected chi connectivity index (χ0v) is 24.5. The fourth-order valence-electron chi connectivity index (χ4n) is 7.11. The Kier molecular flexibility index (Phi) is 7.82. The van der Waals surface area contributed by atoms with E-state index in [9.17, 15) is 23.4 Å². The molecule has 0 radical (unpaired) electrons. The van der Waals surface area contributed by atoms with Crippen molar-refractivity contribution in [2.24, 2.45) is 17.8 Å². The largest absolute Gasteiger partial charge is 0.490 e. The van der Waals surface area contributed by atoms with Crippen molar-refractivity contribution in [3.63, 3.8) is 0 Å². The first kappa shape index (κ1) is 28.5. The number of aliphatic hydroxyl groups excluding tert-OH is 2. The van der Waals surface area contributed by atoms with Crippen LogP contribution in [0.4, 0.5) is 5.69 Å². The summed E-state index contributed by atoms with van der Waals surface area (Å²) in [6, 6.07) is 11.2. The number of rotatable bonds is 1. The number of fused-ring (bicyclic) bond motifs is 4. The number of carbonyl (C=O) groups is 1. The summed E-state index contributed by atoms with van der Waals surface area (Å²) < 4.78 is 34.4. The number of carbonyl (C=O) groups excluding carboxylic acids is 1. The number of benzene rings is 2. The van der Waals surface area contributed by atoms with Gasteiger partial charge in [0.2, 0.25) is 10.0 Å². The Bertz CT molecular complexity index is 1460.